The minimum Gasteiger partial charge on any atom is -0.378 e. The summed E-state index contributed by atoms with van der Waals surface area (Å²) in [4.78, 5) is 44.9. The van der Waals surface area contributed by atoms with Crippen LogP contribution in [0.1, 0.15) is 54.4 Å². The number of carbonyl (C=O) groups excluding carboxylic acids is 3. The predicted octanol–water partition coefficient (Wildman–Crippen LogP) is 3.15. The van der Waals surface area contributed by atoms with Gasteiger partial charge in [-0.05, 0) is 34.6 Å². The fourth-order valence-electron chi connectivity index (χ4n) is 6.77. The molecule has 7 rings (SSSR count). The van der Waals surface area contributed by atoms with Gasteiger partial charge in [0, 0.05) is 24.9 Å². The molecule has 3 aliphatic carbocycles. The maximum Gasteiger partial charge on any atom is 0.246 e. The normalized spacial score (nSPS) is 28.1. The molecule has 6 nitrogen and oxygen atoms in total. The molecule has 176 valence electrons. The number of hydrogen-bond donors (Lipinski definition) is 0. The third kappa shape index (κ3) is 3.01. The van der Waals surface area contributed by atoms with Crippen LogP contribution in [0.25, 0.3) is 0 Å². The van der Waals surface area contributed by atoms with Gasteiger partial charge in [-0.1, -0.05) is 62.4 Å². The fraction of sp³-hybridized carbons (Fsp3) is 0.464. The van der Waals surface area contributed by atoms with Gasteiger partial charge in [0.2, 0.25) is 17.7 Å². The standard InChI is InChI=1S/C28H30N2O4/c1-16(2)15-21(26(31)29-11-13-34-14-12-29)30-27(32)24-22-17-7-3-4-8-18(17)23(25(24)28(30)33)20-10-6-5-9-19(20)22/h3-10,16,21-25H,11-15H2,1-2H3/t21-,22?,23?,24-,25+/m1/s1. The number of likely N-dealkylation sites (tertiary alicyclic amines) is 1. The summed E-state index contributed by atoms with van der Waals surface area (Å²) in [7, 11) is 0. The Balaban J connectivity index is 1.44. The molecular formula is C28H30N2O4. The van der Waals surface area contributed by atoms with Crippen molar-refractivity contribution in [3.8, 4) is 0 Å². The van der Waals surface area contributed by atoms with Crippen LogP contribution in [0.4, 0.5) is 0 Å². The van der Waals surface area contributed by atoms with E-state index in [2.05, 4.69) is 24.3 Å². The van der Waals surface area contributed by atoms with Gasteiger partial charge in [-0.2, -0.15) is 0 Å². The molecule has 2 fully saturated rings. The SMILES string of the molecule is CC(C)C[C@H](C(=O)N1CCOCC1)N1C(=O)[C@@H]2C3c4ccccc4C(c4ccccc43)[C@@H]2C1=O. The van der Waals surface area contributed by atoms with Gasteiger partial charge in [-0.3, -0.25) is 19.3 Å². The van der Waals surface area contributed by atoms with Crippen molar-refractivity contribution < 1.29 is 19.1 Å². The lowest BCUT2D eigenvalue weighted by Gasteiger charge is -2.45. The maximum atomic E-state index is 14.1. The lowest BCUT2D eigenvalue weighted by Crippen LogP contribution is -2.54. The van der Waals surface area contributed by atoms with Crippen molar-refractivity contribution in [2.45, 2.75) is 38.1 Å². The van der Waals surface area contributed by atoms with Crippen LogP contribution >= 0.6 is 0 Å². The summed E-state index contributed by atoms with van der Waals surface area (Å²) in [5.41, 5.74) is 4.59. The van der Waals surface area contributed by atoms with Crippen molar-refractivity contribution in [1.82, 2.24) is 9.80 Å². The van der Waals surface area contributed by atoms with Gasteiger partial charge < -0.3 is 9.64 Å². The highest BCUT2D eigenvalue weighted by Gasteiger charge is 2.63. The second-order valence-electron chi connectivity index (χ2n) is 10.4. The molecule has 0 spiro atoms. The summed E-state index contributed by atoms with van der Waals surface area (Å²) >= 11 is 0. The van der Waals surface area contributed by atoms with Gasteiger partial charge in [-0.25, -0.2) is 0 Å². The van der Waals surface area contributed by atoms with E-state index in [0.717, 1.165) is 22.3 Å². The van der Waals surface area contributed by atoms with Crippen LogP contribution in [0, 0.1) is 17.8 Å². The Labute approximate surface area is 199 Å². The average Bonchev–Trinajstić information content (AvgIpc) is 3.13. The van der Waals surface area contributed by atoms with Crippen molar-refractivity contribution in [1.29, 1.82) is 0 Å². The molecule has 34 heavy (non-hydrogen) atoms. The third-order valence-electron chi connectivity index (χ3n) is 8.10. The maximum absolute atomic E-state index is 14.1. The monoisotopic (exact) mass is 458 g/mol. The van der Waals surface area contributed by atoms with Crippen LogP contribution in [0.3, 0.4) is 0 Å². The van der Waals surface area contributed by atoms with Gasteiger partial charge in [0.05, 0.1) is 25.0 Å². The lowest BCUT2D eigenvalue weighted by molar-refractivity contribution is -0.154. The second kappa shape index (κ2) is 8.05. The molecular weight excluding hydrogens is 428 g/mol. The Bertz CT molecular complexity index is 1050. The van der Waals surface area contributed by atoms with E-state index in [1.54, 1.807) is 4.90 Å². The Morgan fingerprint density at radius 2 is 1.29 bits per heavy atom. The Hall–Kier alpha value is -2.99. The van der Waals surface area contributed by atoms with Crippen molar-refractivity contribution in [2.24, 2.45) is 17.8 Å². The van der Waals surface area contributed by atoms with E-state index >= 15 is 0 Å². The zero-order chi connectivity index (χ0) is 23.6. The van der Waals surface area contributed by atoms with Crippen LogP contribution in [0.15, 0.2) is 48.5 Å². The molecule has 0 saturated carbocycles. The molecule has 0 aromatic heterocycles. The topological polar surface area (TPSA) is 66.9 Å². The molecule has 0 radical (unpaired) electrons. The second-order valence-corrected chi connectivity index (χ2v) is 10.4. The molecule has 3 amide bonds. The highest BCUT2D eigenvalue weighted by molar-refractivity contribution is 6.10. The summed E-state index contributed by atoms with van der Waals surface area (Å²) in [5.74, 6) is -1.51. The van der Waals surface area contributed by atoms with Crippen molar-refractivity contribution >= 4 is 17.7 Å². The van der Waals surface area contributed by atoms with E-state index in [9.17, 15) is 14.4 Å². The summed E-state index contributed by atoms with van der Waals surface area (Å²) in [6, 6.07) is 15.7. The number of carbonyl (C=O) groups is 3. The first-order valence-electron chi connectivity index (χ1n) is 12.4. The van der Waals surface area contributed by atoms with Crippen molar-refractivity contribution in [3.63, 3.8) is 0 Å². The van der Waals surface area contributed by atoms with Gasteiger partial charge in [0.1, 0.15) is 6.04 Å². The Morgan fingerprint density at radius 1 is 0.853 bits per heavy atom. The number of ether oxygens (including phenoxy) is 1. The van der Waals surface area contributed by atoms with Gasteiger partial charge in [0.25, 0.3) is 0 Å². The molecule has 2 aromatic carbocycles. The highest BCUT2D eigenvalue weighted by atomic mass is 16.5. The first kappa shape index (κ1) is 21.5. The summed E-state index contributed by atoms with van der Waals surface area (Å²) in [5, 5.41) is 0. The quantitative estimate of drug-likeness (QED) is 0.661. The van der Waals surface area contributed by atoms with E-state index in [1.165, 1.54) is 4.90 Å². The van der Waals surface area contributed by atoms with Gasteiger partial charge in [-0.15, -0.1) is 0 Å². The minimum atomic E-state index is -0.755. The summed E-state index contributed by atoms with van der Waals surface area (Å²) in [6.07, 6.45) is 0.475. The minimum absolute atomic E-state index is 0.125. The largest absolute Gasteiger partial charge is 0.378 e. The molecule has 2 heterocycles. The molecule has 2 saturated heterocycles. The Kier molecular flexibility index (Phi) is 5.10. The van der Waals surface area contributed by atoms with Crippen LogP contribution in [0.5, 0.6) is 0 Å². The van der Waals surface area contributed by atoms with E-state index in [1.807, 2.05) is 38.1 Å². The van der Waals surface area contributed by atoms with Crippen LogP contribution in [-0.4, -0.2) is 59.9 Å². The molecule has 2 aromatic rings. The molecule has 0 N–H and O–H groups in total. The van der Waals surface area contributed by atoms with Crippen LogP contribution in [0.2, 0.25) is 0 Å². The number of morpholine rings is 1. The number of rotatable bonds is 4. The summed E-state index contributed by atoms with van der Waals surface area (Å²) in [6.45, 7) is 6.04. The summed E-state index contributed by atoms with van der Waals surface area (Å²) < 4.78 is 5.42. The Morgan fingerprint density at radius 3 is 1.71 bits per heavy atom. The zero-order valence-electron chi connectivity index (χ0n) is 19.6. The van der Waals surface area contributed by atoms with Gasteiger partial charge >= 0.3 is 0 Å². The molecule has 2 aliphatic heterocycles. The smallest absolute Gasteiger partial charge is 0.246 e. The number of benzene rings is 2. The van der Waals surface area contributed by atoms with Gasteiger partial charge in [0.15, 0.2) is 0 Å². The van der Waals surface area contributed by atoms with Crippen molar-refractivity contribution in [2.75, 3.05) is 26.3 Å². The number of imide groups is 1. The van der Waals surface area contributed by atoms with Crippen molar-refractivity contribution in [3.05, 3.63) is 70.8 Å². The van der Waals surface area contributed by atoms with E-state index in [4.69, 9.17) is 4.74 Å². The molecule has 2 bridgehead atoms. The fourth-order valence-corrected chi connectivity index (χ4v) is 6.77. The molecule has 6 heteroatoms. The number of nitrogens with zero attached hydrogens (tertiary/aromatic N) is 2. The number of amides is 3. The number of hydrogen-bond acceptors (Lipinski definition) is 4. The van der Waals surface area contributed by atoms with E-state index in [0.29, 0.717) is 32.7 Å². The van der Waals surface area contributed by atoms with E-state index in [-0.39, 0.29) is 35.5 Å². The first-order chi connectivity index (χ1) is 16.5. The zero-order valence-corrected chi connectivity index (χ0v) is 19.6. The molecule has 5 aliphatic rings. The van der Waals surface area contributed by atoms with Crippen LogP contribution < -0.4 is 0 Å². The molecule has 0 unspecified atom stereocenters. The molecule has 3 atom stereocenters. The highest BCUT2D eigenvalue weighted by Crippen LogP contribution is 2.61. The predicted molar refractivity (Wildman–Crippen MR) is 126 cm³/mol. The average molecular weight is 459 g/mol. The van der Waals surface area contributed by atoms with Crippen LogP contribution in [-0.2, 0) is 19.1 Å². The van der Waals surface area contributed by atoms with E-state index < -0.39 is 17.9 Å². The first-order valence-corrected chi connectivity index (χ1v) is 12.4. The third-order valence-corrected chi connectivity index (χ3v) is 8.10. The lowest BCUT2D eigenvalue weighted by atomic mass is 9.55.